The Labute approximate surface area is 431 Å². The first kappa shape index (κ1) is 67.2. The summed E-state index contributed by atoms with van der Waals surface area (Å²) < 4.78 is 33.7. The summed E-state index contributed by atoms with van der Waals surface area (Å²) in [6.45, 7) is 4.76. The van der Waals surface area contributed by atoms with Crippen molar-refractivity contribution in [3.63, 3.8) is 0 Å². The Morgan fingerprint density at radius 3 is 1.20 bits per heavy atom. The molecule has 0 spiro atoms. The van der Waals surface area contributed by atoms with Gasteiger partial charge in [0.2, 0.25) is 0 Å². The molecule has 2 atom stereocenters. The first-order valence-corrected chi connectivity index (χ1v) is 29.9. The Kier molecular flexibility index (Phi) is 54.8. The van der Waals surface area contributed by atoms with Crippen LogP contribution in [0.25, 0.3) is 0 Å². The standard InChI is InChI=1S/C61H106NO7P/c1-3-5-7-9-11-13-15-17-19-21-23-25-27-29-31-33-35-37-39-41-43-45-47-49-51-53-56-66-58-60(59-68-70(64,65)67-57-55-62)69-61(63)54-52-50-48-46-44-42-40-38-36-34-32-30-28-26-24-22-20-18-16-14-12-10-8-6-4-2/h5,7,11,13,16-19,22-25,28-31,35,37,60H,3-4,6,8-10,12,14-15,20-21,26-27,32-34,36,38-59,62H2,1-2H3,(H,64,65)/b7-5-,13-11-,18-16-,19-17-,24-22-,25-23-,30-28-,31-29-,37-35-. The van der Waals surface area contributed by atoms with Crippen LogP contribution in [-0.2, 0) is 27.9 Å². The highest BCUT2D eigenvalue weighted by molar-refractivity contribution is 7.47. The van der Waals surface area contributed by atoms with Gasteiger partial charge in [-0.1, -0.05) is 232 Å². The molecule has 0 aliphatic carbocycles. The van der Waals surface area contributed by atoms with E-state index >= 15 is 0 Å². The van der Waals surface area contributed by atoms with Crippen molar-refractivity contribution in [1.82, 2.24) is 0 Å². The van der Waals surface area contributed by atoms with Gasteiger partial charge in [-0.15, -0.1) is 0 Å². The van der Waals surface area contributed by atoms with E-state index in [1.54, 1.807) is 0 Å². The third kappa shape index (κ3) is 56.1. The molecular weight excluding hydrogens is 890 g/mol. The van der Waals surface area contributed by atoms with E-state index in [4.69, 9.17) is 24.3 Å². The first-order valence-electron chi connectivity index (χ1n) is 28.4. The number of nitrogens with two attached hydrogens (primary N) is 1. The number of unbranched alkanes of at least 4 members (excludes halogenated alkanes) is 22. The summed E-state index contributed by atoms with van der Waals surface area (Å²) in [5.41, 5.74) is 5.40. The molecule has 402 valence electrons. The zero-order valence-corrected chi connectivity index (χ0v) is 45.9. The fraction of sp³-hybridized carbons (Fsp3) is 0.689. The topological polar surface area (TPSA) is 117 Å². The molecule has 0 saturated heterocycles. The van der Waals surface area contributed by atoms with Gasteiger partial charge in [0.1, 0.15) is 6.10 Å². The van der Waals surface area contributed by atoms with Crippen molar-refractivity contribution in [3.8, 4) is 0 Å². The number of phosphoric acid groups is 1. The number of phosphoric ester groups is 1. The van der Waals surface area contributed by atoms with Gasteiger partial charge in [-0.3, -0.25) is 13.8 Å². The molecule has 70 heavy (non-hydrogen) atoms. The molecule has 0 aromatic rings. The Bertz CT molecular complexity index is 1440. The molecule has 0 saturated carbocycles. The van der Waals surface area contributed by atoms with Crippen LogP contribution in [0.3, 0.4) is 0 Å². The van der Waals surface area contributed by atoms with E-state index in [0.29, 0.717) is 13.0 Å². The molecule has 0 amide bonds. The number of esters is 1. The van der Waals surface area contributed by atoms with Gasteiger partial charge in [-0.2, -0.15) is 0 Å². The number of hydrogen-bond acceptors (Lipinski definition) is 7. The number of hydrogen-bond donors (Lipinski definition) is 2. The van der Waals surface area contributed by atoms with E-state index in [0.717, 1.165) is 96.3 Å². The second-order valence-corrected chi connectivity index (χ2v) is 19.9. The molecular formula is C61H106NO7P. The Morgan fingerprint density at radius 1 is 0.443 bits per heavy atom. The van der Waals surface area contributed by atoms with Crippen molar-refractivity contribution in [2.75, 3.05) is 33.0 Å². The second-order valence-electron chi connectivity index (χ2n) is 18.4. The Balaban J connectivity index is 3.98. The molecule has 0 heterocycles. The normalized spacial score (nSPS) is 14.1. The molecule has 0 aliphatic heterocycles. The molecule has 2 unspecified atom stereocenters. The molecule has 0 bridgehead atoms. The van der Waals surface area contributed by atoms with Gasteiger partial charge in [-0.25, -0.2) is 4.57 Å². The van der Waals surface area contributed by atoms with Gasteiger partial charge < -0.3 is 20.1 Å². The van der Waals surface area contributed by atoms with Crippen LogP contribution in [0.4, 0.5) is 0 Å². The van der Waals surface area contributed by atoms with Crippen LogP contribution in [0.2, 0.25) is 0 Å². The van der Waals surface area contributed by atoms with Gasteiger partial charge >= 0.3 is 13.8 Å². The van der Waals surface area contributed by atoms with Crippen molar-refractivity contribution in [1.29, 1.82) is 0 Å². The molecule has 0 rings (SSSR count). The van der Waals surface area contributed by atoms with Gasteiger partial charge in [0.15, 0.2) is 0 Å². The summed E-state index contributed by atoms with van der Waals surface area (Å²) in [4.78, 5) is 22.7. The van der Waals surface area contributed by atoms with Crippen molar-refractivity contribution < 1.29 is 32.8 Å². The minimum Gasteiger partial charge on any atom is -0.457 e. The van der Waals surface area contributed by atoms with Gasteiger partial charge in [0.25, 0.3) is 0 Å². The largest absolute Gasteiger partial charge is 0.472 e. The molecule has 0 aromatic carbocycles. The summed E-state index contributed by atoms with van der Waals surface area (Å²) in [6.07, 6.45) is 78.4. The Morgan fingerprint density at radius 2 is 0.800 bits per heavy atom. The SMILES string of the molecule is CC/C=C\C/C=C\C/C=C\C/C=C\C/C=C\C/C=C\CCCCCCCCCOCC(COP(=O)(O)OCCN)OC(=O)CCCCCCCCCCCC/C=C\C/C=C\C/C=C\CCCCCCC. The lowest BCUT2D eigenvalue weighted by Crippen LogP contribution is -2.28. The van der Waals surface area contributed by atoms with Crippen molar-refractivity contribution in [2.24, 2.45) is 5.73 Å². The minimum absolute atomic E-state index is 0.0918. The fourth-order valence-corrected chi connectivity index (χ4v) is 8.30. The van der Waals surface area contributed by atoms with Crippen molar-refractivity contribution >= 4 is 13.8 Å². The van der Waals surface area contributed by atoms with E-state index in [1.165, 1.54) is 116 Å². The minimum atomic E-state index is -4.30. The van der Waals surface area contributed by atoms with E-state index in [1.807, 2.05) is 0 Å². The predicted octanol–water partition coefficient (Wildman–Crippen LogP) is 18.3. The number of allylic oxidation sites excluding steroid dienone is 18. The summed E-state index contributed by atoms with van der Waals surface area (Å²) in [5.74, 6) is -0.341. The fourth-order valence-electron chi connectivity index (χ4n) is 7.54. The zero-order chi connectivity index (χ0) is 50.8. The van der Waals surface area contributed by atoms with Crippen LogP contribution < -0.4 is 5.73 Å². The van der Waals surface area contributed by atoms with Crippen LogP contribution in [0.15, 0.2) is 109 Å². The number of rotatable bonds is 53. The quantitative estimate of drug-likeness (QED) is 0.0268. The summed E-state index contributed by atoms with van der Waals surface area (Å²) in [5, 5.41) is 0. The van der Waals surface area contributed by atoms with Gasteiger partial charge in [0.05, 0.1) is 19.8 Å². The third-order valence-corrected chi connectivity index (χ3v) is 12.7. The summed E-state index contributed by atoms with van der Waals surface area (Å²) >= 11 is 0. The maximum atomic E-state index is 12.7. The molecule has 0 aliphatic rings. The lowest BCUT2D eigenvalue weighted by Gasteiger charge is -2.20. The van der Waals surface area contributed by atoms with E-state index in [-0.39, 0.29) is 32.3 Å². The lowest BCUT2D eigenvalue weighted by molar-refractivity contribution is -0.154. The van der Waals surface area contributed by atoms with E-state index in [2.05, 4.69) is 123 Å². The molecule has 9 heteroatoms. The number of carbonyl (C=O) groups excluding carboxylic acids is 1. The average molecular weight is 996 g/mol. The lowest BCUT2D eigenvalue weighted by atomic mass is 10.0. The van der Waals surface area contributed by atoms with Crippen LogP contribution in [0.1, 0.15) is 232 Å². The Hall–Kier alpha value is -2.84. The highest BCUT2D eigenvalue weighted by atomic mass is 31.2. The highest BCUT2D eigenvalue weighted by Crippen LogP contribution is 2.43. The van der Waals surface area contributed by atoms with Crippen molar-refractivity contribution in [3.05, 3.63) is 109 Å². The third-order valence-electron chi connectivity index (χ3n) is 11.7. The second kappa shape index (κ2) is 57.1. The number of ether oxygens (including phenoxy) is 2. The maximum Gasteiger partial charge on any atom is 0.472 e. The summed E-state index contributed by atoms with van der Waals surface area (Å²) in [6, 6.07) is 0. The maximum absolute atomic E-state index is 12.7. The van der Waals surface area contributed by atoms with E-state index in [9.17, 15) is 14.3 Å². The van der Waals surface area contributed by atoms with Crippen molar-refractivity contribution in [2.45, 2.75) is 238 Å². The summed E-state index contributed by atoms with van der Waals surface area (Å²) in [7, 11) is -4.30. The van der Waals surface area contributed by atoms with Gasteiger partial charge in [-0.05, 0) is 103 Å². The van der Waals surface area contributed by atoms with Gasteiger partial charge in [0, 0.05) is 19.6 Å². The monoisotopic (exact) mass is 996 g/mol. The molecule has 0 fully saturated rings. The zero-order valence-electron chi connectivity index (χ0n) is 45.0. The van der Waals surface area contributed by atoms with Crippen LogP contribution in [-0.4, -0.2) is 49.9 Å². The smallest absolute Gasteiger partial charge is 0.457 e. The average Bonchev–Trinajstić information content (AvgIpc) is 3.35. The van der Waals surface area contributed by atoms with Crippen LogP contribution >= 0.6 is 7.82 Å². The molecule has 0 radical (unpaired) electrons. The molecule has 0 aromatic heterocycles. The van der Waals surface area contributed by atoms with E-state index < -0.39 is 13.9 Å². The highest BCUT2D eigenvalue weighted by Gasteiger charge is 2.25. The predicted molar refractivity (Wildman–Crippen MR) is 302 cm³/mol. The van der Waals surface area contributed by atoms with Crippen LogP contribution in [0.5, 0.6) is 0 Å². The molecule has 3 N–H and O–H groups in total. The molecule has 8 nitrogen and oxygen atoms in total. The first-order chi connectivity index (χ1) is 34.4. The van der Waals surface area contributed by atoms with Crippen LogP contribution in [0, 0.1) is 0 Å². The number of carbonyl (C=O) groups is 1.